The Hall–Kier alpha value is -0.880. The van der Waals surface area contributed by atoms with Gasteiger partial charge in [-0.1, -0.05) is 26.7 Å². The maximum absolute atomic E-state index is 9.89. The van der Waals surface area contributed by atoms with E-state index in [0.717, 1.165) is 0 Å². The number of hydrogen-bond donors (Lipinski definition) is 4. The number of aliphatic carboxylic acids is 1. The highest BCUT2D eigenvalue weighted by atomic mass is 31.2. The Balaban J connectivity index is 0. The van der Waals surface area contributed by atoms with Crippen LogP contribution in [-0.4, -0.2) is 26.9 Å². The van der Waals surface area contributed by atoms with Crippen LogP contribution < -0.4 is 5.73 Å². The number of carboxylic acids is 1. The second kappa shape index (κ2) is 9.10. The van der Waals surface area contributed by atoms with Gasteiger partial charge >= 0.3 is 13.8 Å². The molecule has 1 saturated carbocycles. The molecular weight excluding hydrogens is 261 g/mol. The summed E-state index contributed by atoms with van der Waals surface area (Å²) >= 11 is 0. The SMILES string of the molecule is C.C=C(OP(=O)(O)O)C(=O)O.NC1CCCCC1. The predicted molar refractivity (Wildman–Crippen MR) is 67.7 cm³/mol. The molecule has 1 rings (SSSR count). The summed E-state index contributed by atoms with van der Waals surface area (Å²) in [5.74, 6) is -2.59. The molecule has 0 bridgehead atoms. The third-order valence-electron chi connectivity index (χ3n) is 2.12. The van der Waals surface area contributed by atoms with Gasteiger partial charge in [-0.05, 0) is 19.4 Å². The number of phosphoric acid groups is 1. The monoisotopic (exact) mass is 283 g/mol. The molecule has 0 aromatic heterocycles. The lowest BCUT2D eigenvalue weighted by molar-refractivity contribution is -0.135. The van der Waals surface area contributed by atoms with E-state index in [1.165, 1.54) is 32.1 Å². The predicted octanol–water partition coefficient (Wildman–Crippen LogP) is 1.61. The highest BCUT2D eigenvalue weighted by Gasteiger charge is 2.19. The van der Waals surface area contributed by atoms with Crippen molar-refractivity contribution in [1.29, 1.82) is 0 Å². The second-order valence-electron chi connectivity index (χ2n) is 3.71. The molecule has 0 saturated heterocycles. The molecule has 0 aromatic rings. The second-order valence-corrected chi connectivity index (χ2v) is 4.87. The first-order valence-electron chi connectivity index (χ1n) is 5.15. The molecule has 1 aliphatic rings. The van der Waals surface area contributed by atoms with Gasteiger partial charge in [-0.3, -0.25) is 9.79 Å². The molecule has 0 heterocycles. The van der Waals surface area contributed by atoms with E-state index in [9.17, 15) is 9.36 Å². The molecule has 7 nitrogen and oxygen atoms in total. The van der Waals surface area contributed by atoms with Gasteiger partial charge < -0.3 is 15.4 Å². The fourth-order valence-corrected chi connectivity index (χ4v) is 1.68. The summed E-state index contributed by atoms with van der Waals surface area (Å²) in [6.07, 6.45) is 6.66. The van der Waals surface area contributed by atoms with Crippen molar-refractivity contribution in [2.75, 3.05) is 0 Å². The van der Waals surface area contributed by atoms with Crippen molar-refractivity contribution in [3.63, 3.8) is 0 Å². The van der Waals surface area contributed by atoms with Gasteiger partial charge in [0, 0.05) is 6.04 Å². The zero-order valence-electron chi connectivity index (χ0n) is 9.41. The van der Waals surface area contributed by atoms with Crippen LogP contribution >= 0.6 is 7.82 Å². The maximum Gasteiger partial charge on any atom is 0.525 e. The van der Waals surface area contributed by atoms with E-state index in [1.54, 1.807) is 0 Å². The Kier molecular flexibility index (Phi) is 9.84. The van der Waals surface area contributed by atoms with E-state index in [4.69, 9.17) is 20.6 Å². The summed E-state index contributed by atoms with van der Waals surface area (Å²) in [7, 11) is -4.76. The largest absolute Gasteiger partial charge is 0.525 e. The van der Waals surface area contributed by atoms with Crippen LogP contribution in [-0.2, 0) is 13.9 Å². The summed E-state index contributed by atoms with van der Waals surface area (Å²) in [6.45, 7) is 2.73. The Bertz CT molecular complexity index is 307. The number of hydrogen-bond acceptors (Lipinski definition) is 4. The van der Waals surface area contributed by atoms with Crippen LogP contribution in [0.2, 0.25) is 0 Å². The summed E-state index contributed by atoms with van der Waals surface area (Å²) in [5.41, 5.74) is 5.63. The molecule has 0 aliphatic heterocycles. The van der Waals surface area contributed by atoms with Crippen LogP contribution in [0.15, 0.2) is 12.3 Å². The van der Waals surface area contributed by atoms with Gasteiger partial charge in [0.05, 0.1) is 0 Å². The Labute approximate surface area is 107 Å². The number of carbonyl (C=O) groups is 1. The summed E-state index contributed by atoms with van der Waals surface area (Å²) < 4.78 is 13.5. The van der Waals surface area contributed by atoms with E-state index >= 15 is 0 Å². The average molecular weight is 283 g/mol. The molecule has 1 aliphatic carbocycles. The number of rotatable bonds is 3. The molecule has 108 valence electrons. The first-order chi connectivity index (χ1) is 7.72. The highest BCUT2D eigenvalue weighted by molar-refractivity contribution is 7.46. The smallest absolute Gasteiger partial charge is 0.475 e. The van der Waals surface area contributed by atoms with Crippen LogP contribution in [0.4, 0.5) is 0 Å². The first kappa shape index (κ1) is 19.5. The third-order valence-corrected chi connectivity index (χ3v) is 2.58. The molecule has 0 aromatic carbocycles. The van der Waals surface area contributed by atoms with Crippen molar-refractivity contribution in [3.8, 4) is 0 Å². The molecule has 0 radical (unpaired) electrons. The van der Waals surface area contributed by atoms with Crippen LogP contribution in [0.3, 0.4) is 0 Å². The lowest BCUT2D eigenvalue weighted by Gasteiger charge is -2.15. The van der Waals surface area contributed by atoms with E-state index in [0.29, 0.717) is 6.04 Å². The Morgan fingerprint density at radius 2 is 1.72 bits per heavy atom. The van der Waals surface area contributed by atoms with Gasteiger partial charge in [0.25, 0.3) is 0 Å². The normalized spacial score (nSPS) is 15.7. The maximum atomic E-state index is 9.89. The van der Waals surface area contributed by atoms with Crippen molar-refractivity contribution >= 4 is 13.8 Å². The van der Waals surface area contributed by atoms with Crippen molar-refractivity contribution in [2.45, 2.75) is 45.6 Å². The standard InChI is InChI=1S/C6H13N.C3H5O6P.CH4/c7-6-4-2-1-3-5-6;1-2(3(4)5)9-10(6,7)8;/h6H,1-5,7H2;1H2,(H,4,5)(H2,6,7,8);1H4. The summed E-state index contributed by atoms with van der Waals surface area (Å²) in [4.78, 5) is 25.8. The van der Waals surface area contributed by atoms with Gasteiger partial charge in [-0.2, -0.15) is 0 Å². The van der Waals surface area contributed by atoms with E-state index in [2.05, 4.69) is 11.1 Å². The Morgan fingerprint density at radius 3 is 1.89 bits per heavy atom. The van der Waals surface area contributed by atoms with Crippen LogP contribution in [0.25, 0.3) is 0 Å². The fourth-order valence-electron chi connectivity index (χ4n) is 1.32. The van der Waals surface area contributed by atoms with Gasteiger partial charge in [-0.15, -0.1) is 0 Å². The van der Waals surface area contributed by atoms with Crippen molar-refractivity contribution in [1.82, 2.24) is 0 Å². The Morgan fingerprint density at radius 1 is 1.28 bits per heavy atom. The number of nitrogens with two attached hydrogens (primary N) is 1. The van der Waals surface area contributed by atoms with Crippen molar-refractivity contribution < 1.29 is 28.8 Å². The molecule has 5 N–H and O–H groups in total. The molecular formula is C10H22NO6P. The van der Waals surface area contributed by atoms with Crippen LogP contribution in [0, 0.1) is 0 Å². The minimum absolute atomic E-state index is 0. The van der Waals surface area contributed by atoms with E-state index < -0.39 is 19.6 Å². The lowest BCUT2D eigenvalue weighted by Crippen LogP contribution is -2.22. The topological polar surface area (TPSA) is 130 Å². The summed E-state index contributed by atoms with van der Waals surface area (Å²) in [5, 5.41) is 7.98. The number of phosphoric ester groups is 1. The quantitative estimate of drug-likeness (QED) is 0.351. The molecule has 0 spiro atoms. The van der Waals surface area contributed by atoms with Gasteiger partial charge in [-0.25, -0.2) is 9.36 Å². The minimum atomic E-state index is -4.76. The molecule has 0 amide bonds. The zero-order valence-corrected chi connectivity index (χ0v) is 10.3. The zero-order chi connectivity index (χ0) is 13.5. The molecule has 18 heavy (non-hydrogen) atoms. The third kappa shape index (κ3) is 11.6. The van der Waals surface area contributed by atoms with Gasteiger partial charge in [0.1, 0.15) is 0 Å². The molecule has 8 heteroatoms. The average Bonchev–Trinajstić information content (AvgIpc) is 2.17. The molecule has 0 unspecified atom stereocenters. The van der Waals surface area contributed by atoms with Crippen molar-refractivity contribution in [3.05, 3.63) is 12.3 Å². The lowest BCUT2D eigenvalue weighted by atomic mass is 9.97. The number of carboxylic acid groups (broad SMARTS) is 1. The minimum Gasteiger partial charge on any atom is -0.475 e. The fraction of sp³-hybridized carbons (Fsp3) is 0.700. The molecule has 1 fully saturated rings. The van der Waals surface area contributed by atoms with E-state index in [1.807, 2.05) is 0 Å². The van der Waals surface area contributed by atoms with Crippen LogP contribution in [0.5, 0.6) is 0 Å². The summed E-state index contributed by atoms with van der Waals surface area (Å²) in [6, 6.07) is 0.536. The van der Waals surface area contributed by atoms with Crippen molar-refractivity contribution in [2.24, 2.45) is 5.73 Å². The molecule has 0 atom stereocenters. The highest BCUT2D eigenvalue weighted by Crippen LogP contribution is 2.38. The van der Waals surface area contributed by atoms with Gasteiger partial charge in [0.2, 0.25) is 5.76 Å². The van der Waals surface area contributed by atoms with Crippen LogP contribution in [0.1, 0.15) is 39.5 Å². The first-order valence-corrected chi connectivity index (χ1v) is 6.68. The van der Waals surface area contributed by atoms with Gasteiger partial charge in [0.15, 0.2) is 0 Å². The van der Waals surface area contributed by atoms with E-state index in [-0.39, 0.29) is 7.43 Å².